The van der Waals surface area contributed by atoms with E-state index in [4.69, 9.17) is 8.85 Å². The van der Waals surface area contributed by atoms with Crippen molar-refractivity contribution in [2.75, 3.05) is 13.6 Å². The molecule has 3 radical (unpaired) electrons. The molecule has 0 N–H and O–H groups in total. The number of hydrogen-bond donors (Lipinski definition) is 0. The molecule has 0 aliphatic carbocycles. The van der Waals surface area contributed by atoms with Gasteiger partial charge in [0.25, 0.3) is 6.41 Å². The predicted octanol–water partition coefficient (Wildman–Crippen LogP) is 0.953. The Balaban J connectivity index is 0.00000441. The molecular formula is C15H35ClNO2Si3. The third-order valence-corrected chi connectivity index (χ3v) is 6.29. The van der Waals surface area contributed by atoms with Gasteiger partial charge in [-0.25, -0.2) is 0 Å². The molecule has 2 atom stereocenters. The minimum absolute atomic E-state index is 0. The molecule has 1 aliphatic rings. The number of quaternary nitrogens is 1. The van der Waals surface area contributed by atoms with E-state index in [1.807, 2.05) is 0 Å². The van der Waals surface area contributed by atoms with E-state index in [1.165, 1.54) is 32.2 Å². The Bertz CT molecular complexity index is 318. The number of hydrogen-bond acceptors (Lipinski definition) is 2. The zero-order chi connectivity index (χ0) is 16.3. The number of likely N-dealkylation sites (tertiary alicyclic amines) is 1. The first-order valence-electron chi connectivity index (χ1n) is 8.33. The first kappa shape index (κ1) is 22.8. The van der Waals surface area contributed by atoms with Gasteiger partial charge >= 0.3 is 0 Å². The summed E-state index contributed by atoms with van der Waals surface area (Å²) in [5.41, 5.74) is 0. The van der Waals surface area contributed by atoms with Crippen molar-refractivity contribution in [3.8, 4) is 0 Å². The lowest BCUT2D eigenvalue weighted by atomic mass is 10.1. The van der Waals surface area contributed by atoms with Gasteiger partial charge in [-0.3, -0.25) is 4.48 Å². The average Bonchev–Trinajstić information content (AvgIpc) is 2.65. The molecule has 0 amide bonds. The number of nitrogens with zero attached hydrogens (tertiary/aromatic N) is 1. The molecule has 1 fully saturated rings. The molecule has 0 aromatic heterocycles. The summed E-state index contributed by atoms with van der Waals surface area (Å²) >= 11 is 0. The number of rotatable bonds is 8. The quantitative estimate of drug-likeness (QED) is 0.354. The largest absolute Gasteiger partial charge is 1.00 e. The van der Waals surface area contributed by atoms with Crippen molar-refractivity contribution in [3.05, 3.63) is 0 Å². The lowest BCUT2D eigenvalue weighted by molar-refractivity contribution is -0.982. The minimum atomic E-state index is -1.62. The van der Waals surface area contributed by atoms with Crippen LogP contribution in [0.3, 0.4) is 0 Å². The van der Waals surface area contributed by atoms with Crippen molar-refractivity contribution in [3.63, 3.8) is 0 Å². The second-order valence-electron chi connectivity index (χ2n) is 8.53. The van der Waals surface area contributed by atoms with Gasteiger partial charge in [0, 0.05) is 23.1 Å². The van der Waals surface area contributed by atoms with Gasteiger partial charge in [-0.05, 0) is 45.7 Å². The van der Waals surface area contributed by atoms with Gasteiger partial charge in [0.05, 0.1) is 19.6 Å². The third kappa shape index (κ3) is 7.15. The second kappa shape index (κ2) is 8.78. The molecule has 7 heteroatoms. The monoisotopic (exact) mass is 380 g/mol. The fraction of sp³-hybridized carbons (Fsp3) is 1.00. The SMILES string of the molecule is C[N+]1(C(O[Si](C)(C)C)O[Si](C)(C)C)CCCC1CCC[Si].[Cl-]. The normalized spacial score (nSPS) is 26.3. The fourth-order valence-electron chi connectivity index (χ4n) is 3.07. The maximum atomic E-state index is 6.52. The fourth-order valence-corrected chi connectivity index (χ4v) is 5.16. The first-order chi connectivity index (χ1) is 9.48. The first-order valence-corrected chi connectivity index (χ1v) is 15.9. The van der Waals surface area contributed by atoms with E-state index in [-0.39, 0.29) is 18.8 Å². The van der Waals surface area contributed by atoms with Gasteiger partial charge in [-0.15, -0.1) is 0 Å². The Morgan fingerprint density at radius 1 is 1.09 bits per heavy atom. The summed E-state index contributed by atoms with van der Waals surface area (Å²) in [6.45, 7) is 14.8. The maximum Gasteiger partial charge on any atom is 0.290 e. The van der Waals surface area contributed by atoms with Gasteiger partial charge in [-0.1, -0.05) is 12.5 Å². The molecule has 3 nitrogen and oxygen atoms in total. The Kier molecular flexibility index (Phi) is 9.11. The van der Waals surface area contributed by atoms with Crippen LogP contribution in [0.4, 0.5) is 0 Å². The highest BCUT2D eigenvalue weighted by Gasteiger charge is 2.48. The molecule has 0 aromatic carbocycles. The van der Waals surface area contributed by atoms with Crippen LogP contribution in [0, 0.1) is 0 Å². The summed E-state index contributed by atoms with van der Waals surface area (Å²) in [4.78, 5) is 0. The lowest BCUT2D eigenvalue weighted by Crippen LogP contribution is -3.00. The maximum absolute atomic E-state index is 6.52. The highest BCUT2D eigenvalue weighted by molar-refractivity contribution is 6.70. The minimum Gasteiger partial charge on any atom is -1.00 e. The number of halogens is 1. The van der Waals surface area contributed by atoms with Crippen LogP contribution in [-0.4, -0.2) is 57.4 Å². The van der Waals surface area contributed by atoms with Gasteiger partial charge in [0.15, 0.2) is 16.6 Å². The van der Waals surface area contributed by atoms with E-state index in [0.717, 1.165) is 10.5 Å². The summed E-state index contributed by atoms with van der Waals surface area (Å²) in [6, 6.07) is 1.77. The Morgan fingerprint density at radius 2 is 1.59 bits per heavy atom. The smallest absolute Gasteiger partial charge is 0.290 e. The summed E-state index contributed by atoms with van der Waals surface area (Å²) in [5.74, 6) is 0. The molecule has 1 aliphatic heterocycles. The van der Waals surface area contributed by atoms with Gasteiger partial charge in [0.2, 0.25) is 0 Å². The average molecular weight is 381 g/mol. The van der Waals surface area contributed by atoms with Crippen LogP contribution in [0.1, 0.15) is 25.7 Å². The third-order valence-electron chi connectivity index (χ3n) is 4.12. The van der Waals surface area contributed by atoms with E-state index in [0.29, 0.717) is 6.04 Å². The zero-order valence-electron chi connectivity index (χ0n) is 15.5. The van der Waals surface area contributed by atoms with Crippen LogP contribution in [0.25, 0.3) is 0 Å². The van der Waals surface area contributed by atoms with Crippen molar-refractivity contribution in [2.24, 2.45) is 0 Å². The molecule has 1 saturated heterocycles. The summed E-state index contributed by atoms with van der Waals surface area (Å²) in [6.07, 6.45) is 5.04. The standard InChI is InChI=1S/C15H35NO2Si3.ClH/c1-16(12-8-10-14(16)11-9-13-19)15(17-20(2,3)4)18-21(5,6)7;/h14-15H,8-13H2,1-7H3;1H/q+1;/p-1. The second-order valence-corrected chi connectivity index (χ2v) is 17.9. The van der Waals surface area contributed by atoms with Gasteiger partial charge < -0.3 is 21.3 Å². The highest BCUT2D eigenvalue weighted by atomic mass is 35.5. The summed E-state index contributed by atoms with van der Waals surface area (Å²) < 4.78 is 14.0. The molecule has 0 saturated carbocycles. The van der Waals surface area contributed by atoms with Crippen LogP contribution in [-0.2, 0) is 8.85 Å². The van der Waals surface area contributed by atoms with Crippen LogP contribution in [0.2, 0.25) is 45.3 Å². The van der Waals surface area contributed by atoms with Crippen LogP contribution >= 0.6 is 0 Å². The van der Waals surface area contributed by atoms with E-state index in [9.17, 15) is 0 Å². The molecule has 22 heavy (non-hydrogen) atoms. The summed E-state index contributed by atoms with van der Waals surface area (Å²) in [7, 11) is 2.73. The van der Waals surface area contributed by atoms with E-state index < -0.39 is 16.6 Å². The molecule has 0 bridgehead atoms. The molecule has 1 heterocycles. The Labute approximate surface area is 149 Å². The Hall–Kier alpha value is 0.821. The molecular weight excluding hydrogens is 346 g/mol. The molecule has 0 aromatic rings. The van der Waals surface area contributed by atoms with Crippen molar-refractivity contribution < 1.29 is 25.7 Å². The van der Waals surface area contributed by atoms with E-state index >= 15 is 0 Å². The van der Waals surface area contributed by atoms with Crippen molar-refractivity contribution in [1.29, 1.82) is 0 Å². The van der Waals surface area contributed by atoms with E-state index in [1.54, 1.807) is 0 Å². The topological polar surface area (TPSA) is 18.5 Å². The van der Waals surface area contributed by atoms with Crippen LogP contribution < -0.4 is 12.4 Å². The molecule has 0 spiro atoms. The Morgan fingerprint density at radius 3 is 2.00 bits per heavy atom. The van der Waals surface area contributed by atoms with Crippen LogP contribution in [0.5, 0.6) is 0 Å². The van der Waals surface area contributed by atoms with Crippen molar-refractivity contribution in [1.82, 2.24) is 0 Å². The van der Waals surface area contributed by atoms with Crippen LogP contribution in [0.15, 0.2) is 0 Å². The van der Waals surface area contributed by atoms with Gasteiger partial charge in [0.1, 0.15) is 0 Å². The highest BCUT2D eigenvalue weighted by Crippen LogP contribution is 2.34. The zero-order valence-corrected chi connectivity index (χ0v) is 19.3. The van der Waals surface area contributed by atoms with Crippen molar-refractivity contribution >= 4 is 26.9 Å². The predicted molar refractivity (Wildman–Crippen MR) is 96.5 cm³/mol. The summed E-state index contributed by atoms with van der Waals surface area (Å²) in [5, 5.41) is 0. The molecule has 1 rings (SSSR count). The molecule has 131 valence electrons. The lowest BCUT2D eigenvalue weighted by Gasteiger charge is -2.45. The van der Waals surface area contributed by atoms with Crippen molar-refractivity contribution in [2.45, 2.75) is 83.5 Å². The van der Waals surface area contributed by atoms with E-state index in [2.05, 4.69) is 56.6 Å². The molecule has 2 unspecified atom stereocenters. The van der Waals surface area contributed by atoms with Gasteiger partial charge in [-0.2, -0.15) is 0 Å².